The fraction of sp³-hybridized carbons (Fsp3) is 0.154. The number of benzene rings is 1. The first-order valence-electron chi connectivity index (χ1n) is 5.40. The van der Waals surface area contributed by atoms with Gasteiger partial charge in [-0.3, -0.25) is 0 Å². The number of aryl methyl sites for hydroxylation is 1. The van der Waals surface area contributed by atoms with E-state index < -0.39 is 0 Å². The number of hydrogen-bond acceptors (Lipinski definition) is 4. The molecule has 0 radical (unpaired) electrons. The number of hydrazine groups is 1. The summed E-state index contributed by atoms with van der Waals surface area (Å²) in [6.45, 7) is 2.10. The van der Waals surface area contributed by atoms with Gasteiger partial charge in [0.2, 0.25) is 0 Å². The number of nitrogens with one attached hydrogen (secondary N) is 1. The van der Waals surface area contributed by atoms with Crippen LogP contribution in [0.4, 0.5) is 5.82 Å². The quantitative estimate of drug-likeness (QED) is 0.494. The van der Waals surface area contributed by atoms with Gasteiger partial charge in [0.15, 0.2) is 0 Å². The SMILES string of the molecule is Cc1cccc(CSc2cccc(NN)n2)c1. The number of thioether (sulfide) groups is 1. The van der Waals surface area contributed by atoms with Crippen LogP contribution in [0.25, 0.3) is 0 Å². The lowest BCUT2D eigenvalue weighted by atomic mass is 10.2. The second-order valence-corrected chi connectivity index (χ2v) is 4.78. The molecule has 0 bridgehead atoms. The van der Waals surface area contributed by atoms with Crippen LogP contribution >= 0.6 is 11.8 Å². The largest absolute Gasteiger partial charge is 0.308 e. The van der Waals surface area contributed by atoms with Gasteiger partial charge in [-0.05, 0) is 24.6 Å². The zero-order chi connectivity index (χ0) is 12.1. The molecule has 0 spiro atoms. The van der Waals surface area contributed by atoms with E-state index in [0.717, 1.165) is 10.8 Å². The van der Waals surface area contributed by atoms with Crippen molar-refractivity contribution in [2.24, 2.45) is 5.84 Å². The lowest BCUT2D eigenvalue weighted by Gasteiger charge is -2.04. The van der Waals surface area contributed by atoms with Crippen LogP contribution < -0.4 is 11.3 Å². The van der Waals surface area contributed by atoms with Gasteiger partial charge in [-0.2, -0.15) is 0 Å². The Kier molecular flexibility index (Phi) is 4.01. The number of rotatable bonds is 4. The summed E-state index contributed by atoms with van der Waals surface area (Å²) in [5.41, 5.74) is 5.14. The molecule has 0 saturated heterocycles. The van der Waals surface area contributed by atoms with Crippen molar-refractivity contribution >= 4 is 17.6 Å². The maximum Gasteiger partial charge on any atom is 0.141 e. The summed E-state index contributed by atoms with van der Waals surface area (Å²) >= 11 is 1.71. The Morgan fingerprint density at radius 2 is 2.06 bits per heavy atom. The monoisotopic (exact) mass is 245 g/mol. The van der Waals surface area contributed by atoms with Crippen LogP contribution in [-0.2, 0) is 5.75 Å². The topological polar surface area (TPSA) is 50.9 Å². The first-order valence-corrected chi connectivity index (χ1v) is 6.38. The summed E-state index contributed by atoms with van der Waals surface area (Å²) in [5.74, 6) is 6.94. The number of aromatic nitrogens is 1. The van der Waals surface area contributed by atoms with Gasteiger partial charge < -0.3 is 5.43 Å². The number of anilines is 1. The van der Waals surface area contributed by atoms with E-state index in [9.17, 15) is 0 Å². The van der Waals surface area contributed by atoms with Crippen LogP contribution in [0.15, 0.2) is 47.5 Å². The van der Waals surface area contributed by atoms with Crippen molar-refractivity contribution in [3.05, 3.63) is 53.6 Å². The molecule has 4 heteroatoms. The summed E-state index contributed by atoms with van der Waals surface area (Å²) < 4.78 is 0. The van der Waals surface area contributed by atoms with Crippen molar-refractivity contribution in [1.82, 2.24) is 4.98 Å². The van der Waals surface area contributed by atoms with Crippen LogP contribution in [0.2, 0.25) is 0 Å². The molecule has 3 N–H and O–H groups in total. The van der Waals surface area contributed by atoms with Crippen LogP contribution in [-0.4, -0.2) is 4.98 Å². The Bertz CT molecular complexity index is 500. The maximum atomic E-state index is 5.32. The molecule has 17 heavy (non-hydrogen) atoms. The highest BCUT2D eigenvalue weighted by atomic mass is 32.2. The number of hydrogen-bond donors (Lipinski definition) is 2. The molecule has 2 rings (SSSR count). The summed E-state index contributed by atoms with van der Waals surface area (Å²) in [5, 5.41) is 0.974. The van der Waals surface area contributed by atoms with Crippen molar-refractivity contribution < 1.29 is 0 Å². The lowest BCUT2D eigenvalue weighted by Crippen LogP contribution is -2.08. The molecule has 88 valence electrons. The molecule has 0 aliphatic rings. The van der Waals surface area contributed by atoms with E-state index in [1.807, 2.05) is 18.2 Å². The minimum atomic E-state index is 0.694. The fourth-order valence-electron chi connectivity index (χ4n) is 1.53. The summed E-state index contributed by atoms with van der Waals surface area (Å²) in [6, 6.07) is 14.3. The molecular weight excluding hydrogens is 230 g/mol. The average Bonchev–Trinajstić information content (AvgIpc) is 2.37. The van der Waals surface area contributed by atoms with E-state index in [0.29, 0.717) is 5.82 Å². The third-order valence-corrected chi connectivity index (χ3v) is 3.34. The number of nitrogens with two attached hydrogens (primary N) is 1. The van der Waals surface area contributed by atoms with Crippen molar-refractivity contribution in [3.63, 3.8) is 0 Å². The van der Waals surface area contributed by atoms with Crippen molar-refractivity contribution in [2.75, 3.05) is 5.43 Å². The van der Waals surface area contributed by atoms with Crippen LogP contribution in [0.1, 0.15) is 11.1 Å². The molecule has 3 nitrogen and oxygen atoms in total. The Labute approximate surface area is 105 Å². The Balaban J connectivity index is 2.02. The smallest absolute Gasteiger partial charge is 0.141 e. The van der Waals surface area contributed by atoms with Gasteiger partial charge in [-0.15, -0.1) is 11.8 Å². The van der Waals surface area contributed by atoms with E-state index in [1.165, 1.54) is 11.1 Å². The Hall–Kier alpha value is -1.52. The molecule has 0 aliphatic heterocycles. The highest BCUT2D eigenvalue weighted by Crippen LogP contribution is 2.22. The van der Waals surface area contributed by atoms with Crippen molar-refractivity contribution in [2.45, 2.75) is 17.7 Å². The molecule has 0 atom stereocenters. The third-order valence-electron chi connectivity index (χ3n) is 2.34. The Morgan fingerprint density at radius 3 is 2.82 bits per heavy atom. The normalized spacial score (nSPS) is 10.2. The molecule has 1 aromatic heterocycles. The van der Waals surface area contributed by atoms with Crippen molar-refractivity contribution in [1.29, 1.82) is 0 Å². The molecule has 0 saturated carbocycles. The summed E-state index contributed by atoms with van der Waals surface area (Å²) in [6.07, 6.45) is 0. The Morgan fingerprint density at radius 1 is 1.24 bits per heavy atom. The number of nitrogen functional groups attached to an aromatic ring is 1. The highest BCUT2D eigenvalue weighted by Gasteiger charge is 1.99. The summed E-state index contributed by atoms with van der Waals surface area (Å²) in [4.78, 5) is 4.36. The van der Waals surface area contributed by atoms with Gasteiger partial charge in [-0.25, -0.2) is 10.8 Å². The van der Waals surface area contributed by atoms with E-state index in [1.54, 1.807) is 11.8 Å². The molecular formula is C13H15N3S. The van der Waals surface area contributed by atoms with E-state index in [2.05, 4.69) is 41.6 Å². The van der Waals surface area contributed by atoms with E-state index in [4.69, 9.17) is 5.84 Å². The van der Waals surface area contributed by atoms with Gasteiger partial charge in [0.1, 0.15) is 5.82 Å². The minimum absolute atomic E-state index is 0.694. The predicted molar refractivity (Wildman–Crippen MR) is 72.8 cm³/mol. The molecule has 1 aromatic carbocycles. The lowest BCUT2D eigenvalue weighted by molar-refractivity contribution is 1.10. The maximum absolute atomic E-state index is 5.32. The molecule has 0 fully saturated rings. The first-order chi connectivity index (χ1) is 8.28. The zero-order valence-electron chi connectivity index (χ0n) is 9.68. The number of pyridine rings is 1. The predicted octanol–water partition coefficient (Wildman–Crippen LogP) is 2.97. The average molecular weight is 245 g/mol. The van der Waals surface area contributed by atoms with Crippen LogP contribution in [0.5, 0.6) is 0 Å². The molecule has 0 unspecified atom stereocenters. The van der Waals surface area contributed by atoms with E-state index in [-0.39, 0.29) is 0 Å². The zero-order valence-corrected chi connectivity index (χ0v) is 10.5. The molecule has 0 aliphatic carbocycles. The standard InChI is InChI=1S/C13H15N3S/c1-10-4-2-5-11(8-10)9-17-13-7-3-6-12(15-13)16-14/h2-8H,9,14H2,1H3,(H,15,16). The molecule has 2 aromatic rings. The van der Waals surface area contributed by atoms with Gasteiger partial charge in [-0.1, -0.05) is 35.9 Å². The first kappa shape index (κ1) is 12.0. The van der Waals surface area contributed by atoms with Crippen LogP contribution in [0.3, 0.4) is 0 Å². The fourth-order valence-corrected chi connectivity index (χ4v) is 2.37. The molecule has 1 heterocycles. The minimum Gasteiger partial charge on any atom is -0.308 e. The van der Waals surface area contributed by atoms with E-state index >= 15 is 0 Å². The van der Waals surface area contributed by atoms with Gasteiger partial charge in [0.25, 0.3) is 0 Å². The number of nitrogens with zero attached hydrogens (tertiary/aromatic N) is 1. The van der Waals surface area contributed by atoms with Gasteiger partial charge in [0, 0.05) is 5.75 Å². The van der Waals surface area contributed by atoms with Crippen molar-refractivity contribution in [3.8, 4) is 0 Å². The highest BCUT2D eigenvalue weighted by molar-refractivity contribution is 7.98. The second kappa shape index (κ2) is 5.70. The van der Waals surface area contributed by atoms with Gasteiger partial charge >= 0.3 is 0 Å². The second-order valence-electron chi connectivity index (χ2n) is 3.78. The summed E-state index contributed by atoms with van der Waals surface area (Å²) in [7, 11) is 0. The molecule has 0 amide bonds. The van der Waals surface area contributed by atoms with Gasteiger partial charge in [0.05, 0.1) is 5.03 Å². The third kappa shape index (κ3) is 3.47. The van der Waals surface area contributed by atoms with Crippen LogP contribution in [0, 0.1) is 6.92 Å².